The molecule has 0 aliphatic heterocycles. The molecule has 2 rings (SSSR count). The average molecular weight is 265 g/mol. The number of nitrogens with zero attached hydrogens (tertiary/aromatic N) is 3. The topological polar surface area (TPSA) is 85.8 Å². The Morgan fingerprint density at radius 2 is 2.28 bits per heavy atom. The summed E-state index contributed by atoms with van der Waals surface area (Å²) in [6, 6.07) is 1.65. The Hall–Kier alpha value is -1.89. The minimum absolute atomic E-state index is 0.215. The summed E-state index contributed by atoms with van der Waals surface area (Å²) in [4.78, 5) is 12.1. The van der Waals surface area contributed by atoms with Gasteiger partial charge in [-0.15, -0.1) is 10.2 Å². The molecule has 7 heteroatoms. The van der Waals surface area contributed by atoms with E-state index < -0.39 is 0 Å². The van der Waals surface area contributed by atoms with Crippen LogP contribution in [-0.4, -0.2) is 20.7 Å². The first-order chi connectivity index (χ1) is 8.63. The summed E-state index contributed by atoms with van der Waals surface area (Å²) in [5.74, 6) is -0.215. The van der Waals surface area contributed by atoms with Crippen molar-refractivity contribution in [1.29, 1.82) is 0 Å². The summed E-state index contributed by atoms with van der Waals surface area (Å²) in [6.45, 7) is 4.64. The number of aryl methyl sites for hydroxylation is 2. The van der Waals surface area contributed by atoms with Crippen LogP contribution in [0.2, 0.25) is 0 Å². The van der Waals surface area contributed by atoms with Gasteiger partial charge in [-0.3, -0.25) is 10.1 Å². The molecule has 2 heterocycles. The molecule has 0 atom stereocenters. The maximum atomic E-state index is 12.1. The molecule has 0 spiro atoms. The van der Waals surface area contributed by atoms with Crippen LogP contribution in [0.5, 0.6) is 0 Å². The highest BCUT2D eigenvalue weighted by atomic mass is 32.1. The monoisotopic (exact) mass is 265 g/mol. The van der Waals surface area contributed by atoms with Crippen LogP contribution in [0.4, 0.5) is 10.8 Å². The summed E-state index contributed by atoms with van der Waals surface area (Å²) in [5.41, 5.74) is 6.79. The number of nitrogens with two attached hydrogens (primary N) is 1. The maximum Gasteiger partial charge on any atom is 0.274 e. The van der Waals surface area contributed by atoms with Crippen molar-refractivity contribution in [2.75, 3.05) is 11.1 Å². The third-order valence-electron chi connectivity index (χ3n) is 2.48. The SMILES string of the molecule is CCc1nnc(NC(=O)c2cc(N)cn2CC)s1. The molecule has 0 aromatic carbocycles. The lowest BCUT2D eigenvalue weighted by molar-refractivity contribution is 0.101. The first-order valence-corrected chi connectivity index (χ1v) is 6.55. The van der Waals surface area contributed by atoms with Gasteiger partial charge < -0.3 is 10.3 Å². The summed E-state index contributed by atoms with van der Waals surface area (Å²) in [7, 11) is 0. The van der Waals surface area contributed by atoms with E-state index >= 15 is 0 Å². The van der Waals surface area contributed by atoms with Gasteiger partial charge in [0.05, 0.1) is 5.69 Å². The van der Waals surface area contributed by atoms with E-state index in [0.29, 0.717) is 23.1 Å². The Kier molecular flexibility index (Phi) is 3.61. The minimum Gasteiger partial charge on any atom is -0.397 e. The standard InChI is InChI=1S/C11H15N5OS/c1-3-9-14-15-11(18-9)13-10(17)8-5-7(12)6-16(8)4-2/h5-6H,3-4,12H2,1-2H3,(H,13,15,17). The molecule has 0 saturated heterocycles. The number of hydrogen-bond acceptors (Lipinski definition) is 5. The average Bonchev–Trinajstić information content (AvgIpc) is 2.95. The van der Waals surface area contributed by atoms with Crippen LogP contribution in [0.3, 0.4) is 0 Å². The lowest BCUT2D eigenvalue weighted by Crippen LogP contribution is -2.16. The van der Waals surface area contributed by atoms with Gasteiger partial charge in [0.1, 0.15) is 10.7 Å². The first kappa shape index (κ1) is 12.6. The minimum atomic E-state index is -0.215. The molecule has 0 fully saturated rings. The second kappa shape index (κ2) is 5.18. The zero-order valence-electron chi connectivity index (χ0n) is 10.3. The van der Waals surface area contributed by atoms with Crippen LogP contribution in [0, 0.1) is 0 Å². The molecule has 0 saturated carbocycles. The van der Waals surface area contributed by atoms with Crippen molar-refractivity contribution in [2.45, 2.75) is 26.8 Å². The van der Waals surface area contributed by atoms with Crippen molar-refractivity contribution in [2.24, 2.45) is 0 Å². The van der Waals surface area contributed by atoms with Gasteiger partial charge in [-0.1, -0.05) is 18.3 Å². The molecule has 0 aliphatic rings. The van der Waals surface area contributed by atoms with E-state index in [1.54, 1.807) is 16.8 Å². The molecule has 96 valence electrons. The van der Waals surface area contributed by atoms with Crippen LogP contribution in [0.15, 0.2) is 12.3 Å². The Balaban J connectivity index is 2.16. The van der Waals surface area contributed by atoms with E-state index in [1.165, 1.54) is 11.3 Å². The summed E-state index contributed by atoms with van der Waals surface area (Å²) < 4.78 is 1.80. The molecule has 0 aliphatic carbocycles. The molecule has 3 N–H and O–H groups in total. The molecule has 0 radical (unpaired) electrons. The number of amides is 1. The van der Waals surface area contributed by atoms with Crippen molar-refractivity contribution in [1.82, 2.24) is 14.8 Å². The summed E-state index contributed by atoms with van der Waals surface area (Å²) in [5, 5.41) is 12.0. The normalized spacial score (nSPS) is 10.6. The second-order valence-corrected chi connectivity index (χ2v) is 4.82. The van der Waals surface area contributed by atoms with Gasteiger partial charge in [-0.25, -0.2) is 0 Å². The predicted molar refractivity (Wildman–Crippen MR) is 71.8 cm³/mol. The highest BCUT2D eigenvalue weighted by molar-refractivity contribution is 7.15. The zero-order valence-corrected chi connectivity index (χ0v) is 11.1. The third kappa shape index (κ3) is 2.51. The van der Waals surface area contributed by atoms with Gasteiger partial charge in [0.15, 0.2) is 0 Å². The fraction of sp³-hybridized carbons (Fsp3) is 0.364. The maximum absolute atomic E-state index is 12.1. The number of rotatable bonds is 4. The Bertz CT molecular complexity index is 560. The smallest absolute Gasteiger partial charge is 0.274 e. The van der Waals surface area contributed by atoms with Crippen molar-refractivity contribution < 1.29 is 4.79 Å². The lowest BCUT2D eigenvalue weighted by atomic mass is 10.4. The van der Waals surface area contributed by atoms with Gasteiger partial charge in [0.25, 0.3) is 5.91 Å². The molecule has 2 aromatic heterocycles. The van der Waals surface area contributed by atoms with Crippen molar-refractivity contribution in [3.05, 3.63) is 23.0 Å². The molecule has 18 heavy (non-hydrogen) atoms. The van der Waals surface area contributed by atoms with Crippen molar-refractivity contribution in [3.8, 4) is 0 Å². The van der Waals surface area contributed by atoms with Crippen LogP contribution in [0.25, 0.3) is 0 Å². The Morgan fingerprint density at radius 3 is 2.89 bits per heavy atom. The number of hydrogen-bond donors (Lipinski definition) is 2. The van der Waals surface area contributed by atoms with Gasteiger partial charge in [-0.2, -0.15) is 0 Å². The zero-order chi connectivity index (χ0) is 13.1. The van der Waals surface area contributed by atoms with Crippen LogP contribution in [0.1, 0.15) is 29.3 Å². The Morgan fingerprint density at radius 1 is 1.50 bits per heavy atom. The number of carbonyl (C=O) groups excluding carboxylic acids is 1. The molecule has 2 aromatic rings. The van der Waals surface area contributed by atoms with Gasteiger partial charge >= 0.3 is 0 Å². The van der Waals surface area contributed by atoms with E-state index in [1.807, 2.05) is 13.8 Å². The number of nitrogens with one attached hydrogen (secondary N) is 1. The molecular weight excluding hydrogens is 250 g/mol. The fourth-order valence-electron chi connectivity index (χ4n) is 1.59. The predicted octanol–water partition coefficient (Wildman–Crippen LogP) is 1.76. The quantitative estimate of drug-likeness (QED) is 0.882. The lowest BCUT2D eigenvalue weighted by Gasteiger charge is -2.04. The van der Waals surface area contributed by atoms with Gasteiger partial charge in [0.2, 0.25) is 5.13 Å². The summed E-state index contributed by atoms with van der Waals surface area (Å²) in [6.07, 6.45) is 2.55. The van der Waals surface area contributed by atoms with E-state index in [4.69, 9.17) is 5.73 Å². The van der Waals surface area contributed by atoms with Crippen molar-refractivity contribution in [3.63, 3.8) is 0 Å². The third-order valence-corrected chi connectivity index (χ3v) is 3.46. The van der Waals surface area contributed by atoms with Crippen LogP contribution >= 0.6 is 11.3 Å². The van der Waals surface area contributed by atoms with Crippen LogP contribution in [-0.2, 0) is 13.0 Å². The fourth-order valence-corrected chi connectivity index (χ4v) is 2.27. The van der Waals surface area contributed by atoms with E-state index in [2.05, 4.69) is 15.5 Å². The van der Waals surface area contributed by atoms with E-state index in [-0.39, 0.29) is 5.91 Å². The van der Waals surface area contributed by atoms with Crippen LogP contribution < -0.4 is 11.1 Å². The molecule has 6 nitrogen and oxygen atoms in total. The molecule has 0 unspecified atom stereocenters. The largest absolute Gasteiger partial charge is 0.397 e. The second-order valence-electron chi connectivity index (χ2n) is 3.75. The number of carbonyl (C=O) groups is 1. The number of aromatic nitrogens is 3. The van der Waals surface area contributed by atoms with Crippen molar-refractivity contribution >= 4 is 28.1 Å². The van der Waals surface area contributed by atoms with E-state index in [0.717, 1.165) is 11.4 Å². The summed E-state index contributed by atoms with van der Waals surface area (Å²) >= 11 is 1.38. The van der Waals surface area contributed by atoms with Gasteiger partial charge in [0, 0.05) is 12.7 Å². The Labute approximate surface area is 109 Å². The van der Waals surface area contributed by atoms with Gasteiger partial charge in [-0.05, 0) is 19.4 Å². The molecule has 1 amide bonds. The highest BCUT2D eigenvalue weighted by Crippen LogP contribution is 2.17. The number of nitrogen functional groups attached to an aromatic ring is 1. The molecule has 0 bridgehead atoms. The highest BCUT2D eigenvalue weighted by Gasteiger charge is 2.14. The first-order valence-electron chi connectivity index (χ1n) is 5.73. The molecular formula is C11H15N5OS. The van der Waals surface area contributed by atoms with E-state index in [9.17, 15) is 4.79 Å². The number of anilines is 2.